The quantitative estimate of drug-likeness (QED) is 0.789. The second kappa shape index (κ2) is 4.42. The molecule has 0 amide bonds. The Morgan fingerprint density at radius 1 is 1.47 bits per heavy atom. The zero-order valence-corrected chi connectivity index (χ0v) is 10.0. The molecule has 1 aliphatic heterocycles. The standard InChI is InChI=1S/C12H17ClN2/c1-9-3-4-12(11(13)7-9)15-6-5-14-10(2)8-15/h3-4,7,10,14H,5-6,8H2,1-2H3/t10-/m0/s1. The summed E-state index contributed by atoms with van der Waals surface area (Å²) in [5.74, 6) is 0. The maximum atomic E-state index is 6.25. The van der Waals surface area contributed by atoms with Crippen molar-refractivity contribution >= 4 is 17.3 Å². The molecule has 0 unspecified atom stereocenters. The first-order chi connectivity index (χ1) is 7.16. The minimum atomic E-state index is 0.538. The van der Waals surface area contributed by atoms with Gasteiger partial charge in [0.1, 0.15) is 0 Å². The minimum Gasteiger partial charge on any atom is -0.368 e. The number of nitrogens with zero attached hydrogens (tertiary/aromatic N) is 1. The Hall–Kier alpha value is -0.730. The lowest BCUT2D eigenvalue weighted by Gasteiger charge is -2.34. The molecule has 0 saturated carbocycles. The zero-order chi connectivity index (χ0) is 10.8. The van der Waals surface area contributed by atoms with Crippen molar-refractivity contribution in [2.24, 2.45) is 0 Å². The van der Waals surface area contributed by atoms with Crippen LogP contribution in [0.25, 0.3) is 0 Å². The van der Waals surface area contributed by atoms with E-state index in [4.69, 9.17) is 11.6 Å². The Morgan fingerprint density at radius 3 is 2.93 bits per heavy atom. The smallest absolute Gasteiger partial charge is 0.0642 e. The number of anilines is 1. The molecule has 0 radical (unpaired) electrons. The number of nitrogens with one attached hydrogen (secondary N) is 1. The largest absolute Gasteiger partial charge is 0.368 e. The number of halogens is 1. The van der Waals surface area contributed by atoms with Gasteiger partial charge in [-0.05, 0) is 31.5 Å². The van der Waals surface area contributed by atoms with E-state index in [0.717, 1.165) is 30.3 Å². The van der Waals surface area contributed by atoms with E-state index in [9.17, 15) is 0 Å². The van der Waals surface area contributed by atoms with Crippen molar-refractivity contribution in [2.75, 3.05) is 24.5 Å². The average molecular weight is 225 g/mol. The maximum absolute atomic E-state index is 6.25. The lowest BCUT2D eigenvalue weighted by atomic mass is 10.1. The molecule has 0 spiro atoms. The third-order valence-corrected chi connectivity index (χ3v) is 3.12. The molecule has 1 N–H and O–H groups in total. The molecule has 2 rings (SSSR count). The molecule has 1 fully saturated rings. The Labute approximate surface area is 96.2 Å². The third-order valence-electron chi connectivity index (χ3n) is 2.81. The van der Waals surface area contributed by atoms with Gasteiger partial charge < -0.3 is 10.2 Å². The van der Waals surface area contributed by atoms with E-state index in [-0.39, 0.29) is 0 Å². The predicted molar refractivity (Wildman–Crippen MR) is 65.9 cm³/mol. The second-order valence-corrected chi connectivity index (χ2v) is 4.66. The number of benzene rings is 1. The number of rotatable bonds is 1. The molecule has 1 aliphatic rings. The highest BCUT2D eigenvalue weighted by molar-refractivity contribution is 6.33. The Kier molecular flexibility index (Phi) is 3.17. The molecule has 1 aromatic rings. The normalized spacial score (nSPS) is 21.8. The topological polar surface area (TPSA) is 15.3 Å². The Balaban J connectivity index is 2.21. The van der Waals surface area contributed by atoms with E-state index >= 15 is 0 Å². The summed E-state index contributed by atoms with van der Waals surface area (Å²) in [5.41, 5.74) is 2.38. The summed E-state index contributed by atoms with van der Waals surface area (Å²) in [6.45, 7) is 7.37. The second-order valence-electron chi connectivity index (χ2n) is 4.26. The third kappa shape index (κ3) is 2.44. The van der Waals surface area contributed by atoms with Crippen LogP contribution in [0, 0.1) is 6.92 Å². The molecular formula is C12H17ClN2. The average Bonchev–Trinajstić information content (AvgIpc) is 2.17. The van der Waals surface area contributed by atoms with Gasteiger partial charge >= 0.3 is 0 Å². The lowest BCUT2D eigenvalue weighted by Crippen LogP contribution is -2.49. The molecule has 1 atom stereocenters. The lowest BCUT2D eigenvalue weighted by molar-refractivity contribution is 0.485. The van der Waals surface area contributed by atoms with Crippen molar-refractivity contribution in [1.82, 2.24) is 5.32 Å². The van der Waals surface area contributed by atoms with E-state index < -0.39 is 0 Å². The maximum Gasteiger partial charge on any atom is 0.0642 e. The van der Waals surface area contributed by atoms with E-state index in [1.165, 1.54) is 5.56 Å². The van der Waals surface area contributed by atoms with Crippen LogP contribution in [0.15, 0.2) is 18.2 Å². The Bertz CT molecular complexity index is 351. The van der Waals surface area contributed by atoms with Crippen LogP contribution in [0.5, 0.6) is 0 Å². The number of hydrogen-bond donors (Lipinski definition) is 1. The van der Waals surface area contributed by atoms with Gasteiger partial charge in [-0.1, -0.05) is 17.7 Å². The number of hydrogen-bond acceptors (Lipinski definition) is 2. The fraction of sp³-hybridized carbons (Fsp3) is 0.500. The van der Waals surface area contributed by atoms with Gasteiger partial charge in [0.15, 0.2) is 0 Å². The first kappa shape index (κ1) is 10.8. The van der Waals surface area contributed by atoms with Crippen LogP contribution in [-0.2, 0) is 0 Å². The van der Waals surface area contributed by atoms with Crippen molar-refractivity contribution in [1.29, 1.82) is 0 Å². The SMILES string of the molecule is Cc1ccc(N2CCN[C@@H](C)C2)c(Cl)c1. The van der Waals surface area contributed by atoms with Gasteiger partial charge in [-0.2, -0.15) is 0 Å². The summed E-state index contributed by atoms with van der Waals surface area (Å²) in [7, 11) is 0. The van der Waals surface area contributed by atoms with Crippen molar-refractivity contribution < 1.29 is 0 Å². The first-order valence-corrected chi connectivity index (χ1v) is 5.79. The molecule has 82 valence electrons. The molecule has 3 heteroatoms. The van der Waals surface area contributed by atoms with Gasteiger partial charge in [-0.3, -0.25) is 0 Å². The van der Waals surface area contributed by atoms with Gasteiger partial charge in [-0.25, -0.2) is 0 Å². The fourth-order valence-electron chi connectivity index (χ4n) is 2.02. The molecule has 1 saturated heterocycles. The van der Waals surface area contributed by atoms with E-state index in [1.807, 2.05) is 6.07 Å². The highest BCUT2D eigenvalue weighted by Gasteiger charge is 2.17. The summed E-state index contributed by atoms with van der Waals surface area (Å²) in [6.07, 6.45) is 0. The highest BCUT2D eigenvalue weighted by atomic mass is 35.5. The van der Waals surface area contributed by atoms with E-state index in [1.54, 1.807) is 0 Å². The molecule has 1 heterocycles. The summed E-state index contributed by atoms with van der Waals surface area (Å²) >= 11 is 6.25. The highest BCUT2D eigenvalue weighted by Crippen LogP contribution is 2.27. The van der Waals surface area contributed by atoms with Crippen LogP contribution in [0.3, 0.4) is 0 Å². The summed E-state index contributed by atoms with van der Waals surface area (Å²) < 4.78 is 0. The number of aryl methyl sites for hydroxylation is 1. The monoisotopic (exact) mass is 224 g/mol. The molecule has 0 aliphatic carbocycles. The first-order valence-electron chi connectivity index (χ1n) is 5.41. The van der Waals surface area contributed by atoms with Gasteiger partial charge in [0.25, 0.3) is 0 Å². The van der Waals surface area contributed by atoms with Crippen LogP contribution in [0.1, 0.15) is 12.5 Å². The van der Waals surface area contributed by atoms with Crippen LogP contribution < -0.4 is 10.2 Å². The fourth-order valence-corrected chi connectivity index (χ4v) is 2.37. The van der Waals surface area contributed by atoms with Crippen LogP contribution in [0.2, 0.25) is 5.02 Å². The van der Waals surface area contributed by atoms with Crippen molar-refractivity contribution in [3.05, 3.63) is 28.8 Å². The van der Waals surface area contributed by atoms with Crippen LogP contribution in [0.4, 0.5) is 5.69 Å². The number of piperazine rings is 1. The zero-order valence-electron chi connectivity index (χ0n) is 9.26. The van der Waals surface area contributed by atoms with Crippen LogP contribution in [-0.4, -0.2) is 25.7 Å². The van der Waals surface area contributed by atoms with E-state index in [2.05, 4.69) is 36.2 Å². The van der Waals surface area contributed by atoms with Crippen LogP contribution >= 0.6 is 11.6 Å². The Morgan fingerprint density at radius 2 is 2.27 bits per heavy atom. The van der Waals surface area contributed by atoms with Crippen molar-refractivity contribution in [3.8, 4) is 0 Å². The summed E-state index contributed by atoms with van der Waals surface area (Å²) in [6, 6.07) is 6.81. The molecule has 0 aromatic heterocycles. The molecule has 2 nitrogen and oxygen atoms in total. The van der Waals surface area contributed by atoms with Gasteiger partial charge in [0, 0.05) is 25.7 Å². The van der Waals surface area contributed by atoms with Gasteiger partial charge in [-0.15, -0.1) is 0 Å². The van der Waals surface area contributed by atoms with E-state index in [0.29, 0.717) is 6.04 Å². The van der Waals surface area contributed by atoms with Crippen molar-refractivity contribution in [3.63, 3.8) is 0 Å². The van der Waals surface area contributed by atoms with Crippen molar-refractivity contribution in [2.45, 2.75) is 19.9 Å². The molecule has 15 heavy (non-hydrogen) atoms. The molecular weight excluding hydrogens is 208 g/mol. The summed E-state index contributed by atoms with van der Waals surface area (Å²) in [5, 5.41) is 4.29. The predicted octanol–water partition coefficient (Wildman–Crippen LogP) is 2.45. The van der Waals surface area contributed by atoms with Gasteiger partial charge in [0.2, 0.25) is 0 Å². The summed E-state index contributed by atoms with van der Waals surface area (Å²) in [4.78, 5) is 2.35. The molecule has 1 aromatic carbocycles. The van der Waals surface area contributed by atoms with Gasteiger partial charge in [0.05, 0.1) is 10.7 Å². The molecule has 0 bridgehead atoms. The minimum absolute atomic E-state index is 0.538.